The van der Waals surface area contributed by atoms with Gasteiger partial charge in [0.15, 0.2) is 0 Å². The lowest BCUT2D eigenvalue weighted by atomic mass is 9.88. The van der Waals surface area contributed by atoms with Crippen LogP contribution in [0.25, 0.3) is 22.0 Å². The zero-order valence-corrected chi connectivity index (χ0v) is 15.6. The van der Waals surface area contributed by atoms with Crippen LogP contribution in [-0.4, -0.2) is 17.4 Å². The molecule has 1 atom stereocenters. The zero-order chi connectivity index (χ0) is 19.2. The van der Waals surface area contributed by atoms with E-state index in [2.05, 4.69) is 36.3 Å². The molecule has 4 heteroatoms. The number of aromatic nitrogens is 1. The van der Waals surface area contributed by atoms with Crippen molar-refractivity contribution in [1.29, 1.82) is 5.26 Å². The predicted octanol–water partition coefficient (Wildman–Crippen LogP) is 4.67. The number of nitrogens with zero attached hydrogens (tertiary/aromatic N) is 2. The highest BCUT2D eigenvalue weighted by Crippen LogP contribution is 2.29. The maximum absolute atomic E-state index is 12.6. The molecule has 0 aliphatic carbocycles. The summed E-state index contributed by atoms with van der Waals surface area (Å²) in [7, 11) is 0. The van der Waals surface area contributed by atoms with Crippen LogP contribution >= 0.6 is 0 Å². The number of hydrogen-bond acceptors (Lipinski definition) is 3. The first-order valence-electron chi connectivity index (χ1n) is 9.18. The molecule has 27 heavy (non-hydrogen) atoms. The number of hydrogen-bond donors (Lipinski definition) is 1. The molecular formula is C23H23N3O. The number of carbonyl (C=O) groups is 1. The van der Waals surface area contributed by atoms with E-state index >= 15 is 0 Å². The van der Waals surface area contributed by atoms with Gasteiger partial charge < -0.3 is 5.32 Å². The highest BCUT2D eigenvalue weighted by atomic mass is 16.1. The summed E-state index contributed by atoms with van der Waals surface area (Å²) in [4.78, 5) is 17.1. The largest absolute Gasteiger partial charge is 0.342 e. The number of nitriles is 1. The van der Waals surface area contributed by atoms with Crippen molar-refractivity contribution in [3.63, 3.8) is 0 Å². The first-order valence-corrected chi connectivity index (χ1v) is 9.18. The highest BCUT2D eigenvalue weighted by Gasteiger charge is 2.22. The van der Waals surface area contributed by atoms with Crippen molar-refractivity contribution >= 4 is 16.8 Å². The lowest BCUT2D eigenvalue weighted by molar-refractivity contribution is -0.122. The smallest absolute Gasteiger partial charge is 0.228 e. The Morgan fingerprint density at radius 3 is 2.70 bits per heavy atom. The van der Waals surface area contributed by atoms with Crippen LogP contribution in [-0.2, 0) is 4.79 Å². The molecule has 1 unspecified atom stereocenters. The van der Waals surface area contributed by atoms with E-state index in [0.717, 1.165) is 34.0 Å². The van der Waals surface area contributed by atoms with Crippen molar-refractivity contribution in [2.24, 2.45) is 5.92 Å². The van der Waals surface area contributed by atoms with Crippen molar-refractivity contribution in [1.82, 2.24) is 10.3 Å². The Morgan fingerprint density at radius 2 is 1.93 bits per heavy atom. The summed E-state index contributed by atoms with van der Waals surface area (Å²) in [5.74, 6) is -0.000389. The van der Waals surface area contributed by atoms with Gasteiger partial charge in [0.2, 0.25) is 5.91 Å². The molecule has 2 aromatic carbocycles. The molecule has 1 heterocycles. The van der Waals surface area contributed by atoms with Crippen molar-refractivity contribution in [2.45, 2.75) is 26.2 Å². The molecule has 1 N–H and O–H groups in total. The predicted molar refractivity (Wildman–Crippen MR) is 108 cm³/mol. The van der Waals surface area contributed by atoms with E-state index in [0.29, 0.717) is 5.92 Å². The third-order valence-corrected chi connectivity index (χ3v) is 4.58. The Labute approximate surface area is 159 Å². The van der Waals surface area contributed by atoms with Gasteiger partial charge in [-0.1, -0.05) is 56.3 Å². The zero-order valence-electron chi connectivity index (χ0n) is 15.6. The summed E-state index contributed by atoms with van der Waals surface area (Å²) in [5.41, 5.74) is 3.99. The second-order valence-corrected chi connectivity index (χ2v) is 7.10. The van der Waals surface area contributed by atoms with Crippen molar-refractivity contribution in [3.8, 4) is 17.2 Å². The number of pyridine rings is 1. The molecule has 0 bridgehead atoms. The normalized spacial score (nSPS) is 11.9. The number of nitrogens with one attached hydrogen (secondary N) is 1. The molecule has 0 aliphatic rings. The topological polar surface area (TPSA) is 65.8 Å². The lowest BCUT2D eigenvalue weighted by Gasteiger charge is -2.19. The molecule has 0 fully saturated rings. The maximum Gasteiger partial charge on any atom is 0.228 e. The average Bonchev–Trinajstić information content (AvgIpc) is 2.69. The second-order valence-electron chi connectivity index (χ2n) is 7.10. The first-order chi connectivity index (χ1) is 13.1. The third kappa shape index (κ3) is 4.51. The Balaban J connectivity index is 1.96. The van der Waals surface area contributed by atoms with Crippen LogP contribution in [0.2, 0.25) is 0 Å². The van der Waals surface area contributed by atoms with Gasteiger partial charge in [-0.25, -0.2) is 0 Å². The molecule has 0 aliphatic heterocycles. The Hall–Kier alpha value is -3.19. The molecule has 3 aromatic rings. The number of carbonyl (C=O) groups excluding carboxylic acids is 1. The fraction of sp³-hybridized carbons (Fsp3) is 0.261. The summed E-state index contributed by atoms with van der Waals surface area (Å²) in [5, 5.41) is 12.6. The van der Waals surface area contributed by atoms with E-state index in [1.165, 1.54) is 0 Å². The number of rotatable bonds is 6. The Morgan fingerprint density at radius 1 is 1.11 bits per heavy atom. The molecule has 0 radical (unpaired) electrons. The van der Waals surface area contributed by atoms with Crippen molar-refractivity contribution in [3.05, 3.63) is 66.4 Å². The van der Waals surface area contributed by atoms with Gasteiger partial charge in [-0.05, 0) is 35.6 Å². The minimum absolute atomic E-state index is 0.0295. The van der Waals surface area contributed by atoms with Gasteiger partial charge in [0.1, 0.15) is 6.54 Å². The van der Waals surface area contributed by atoms with Crippen LogP contribution in [0.5, 0.6) is 0 Å². The van der Waals surface area contributed by atoms with Gasteiger partial charge >= 0.3 is 0 Å². The molecule has 3 rings (SSSR count). The average molecular weight is 357 g/mol. The summed E-state index contributed by atoms with van der Waals surface area (Å²) >= 11 is 0. The van der Waals surface area contributed by atoms with E-state index in [1.54, 1.807) is 0 Å². The fourth-order valence-corrected chi connectivity index (χ4v) is 3.28. The minimum Gasteiger partial charge on any atom is -0.342 e. The minimum atomic E-state index is -0.272. The highest BCUT2D eigenvalue weighted by molar-refractivity contribution is 5.86. The fourth-order valence-electron chi connectivity index (χ4n) is 3.28. The summed E-state index contributed by atoms with van der Waals surface area (Å²) in [6, 6.07) is 20.2. The summed E-state index contributed by atoms with van der Waals surface area (Å²) < 4.78 is 0. The van der Waals surface area contributed by atoms with Crippen molar-refractivity contribution in [2.75, 3.05) is 6.54 Å². The van der Waals surface area contributed by atoms with Gasteiger partial charge in [-0.2, -0.15) is 5.26 Å². The number of para-hydroxylation sites is 1. The number of fused-ring (bicyclic) bond motifs is 1. The number of benzene rings is 2. The van der Waals surface area contributed by atoms with Gasteiger partial charge in [-0.3, -0.25) is 9.78 Å². The summed E-state index contributed by atoms with van der Waals surface area (Å²) in [6.07, 6.45) is 2.60. The molecule has 136 valence electrons. The second kappa shape index (κ2) is 8.46. The quantitative estimate of drug-likeness (QED) is 0.652. The molecular weight excluding hydrogens is 334 g/mol. The van der Waals surface area contributed by atoms with Gasteiger partial charge in [0.05, 0.1) is 17.5 Å². The third-order valence-electron chi connectivity index (χ3n) is 4.58. The van der Waals surface area contributed by atoms with Crippen molar-refractivity contribution < 1.29 is 4.79 Å². The van der Waals surface area contributed by atoms with E-state index in [-0.39, 0.29) is 18.4 Å². The molecule has 4 nitrogen and oxygen atoms in total. The van der Waals surface area contributed by atoms with E-state index < -0.39 is 0 Å². The van der Waals surface area contributed by atoms with Crippen LogP contribution in [0, 0.1) is 17.2 Å². The van der Waals surface area contributed by atoms with E-state index in [4.69, 9.17) is 5.26 Å². The monoisotopic (exact) mass is 357 g/mol. The van der Waals surface area contributed by atoms with Crippen LogP contribution in [0.4, 0.5) is 0 Å². The number of amides is 1. The van der Waals surface area contributed by atoms with E-state index in [1.807, 2.05) is 54.7 Å². The van der Waals surface area contributed by atoms with Crippen LogP contribution in [0.3, 0.4) is 0 Å². The Bertz CT molecular complexity index is 988. The van der Waals surface area contributed by atoms with Crippen LogP contribution in [0.1, 0.15) is 31.7 Å². The lowest BCUT2D eigenvalue weighted by Crippen LogP contribution is -2.30. The molecule has 0 saturated heterocycles. The summed E-state index contributed by atoms with van der Waals surface area (Å²) in [6.45, 7) is 4.23. The molecule has 0 spiro atoms. The van der Waals surface area contributed by atoms with Gasteiger partial charge in [-0.15, -0.1) is 0 Å². The van der Waals surface area contributed by atoms with Gasteiger partial charge in [0, 0.05) is 17.1 Å². The van der Waals surface area contributed by atoms with E-state index in [9.17, 15) is 4.79 Å². The standard InChI is InChI=1S/C23H23N3O/c1-16(2)12-21(23(27)25-11-10-24)18-8-5-7-17(13-18)20-14-19-6-3-4-9-22(19)26-15-20/h3-9,13-16,21H,11-12H2,1-2H3,(H,25,27). The SMILES string of the molecule is CC(C)CC(C(=O)NCC#N)c1cccc(-c2cnc3ccccc3c2)c1. The van der Waals surface area contributed by atoms with Crippen LogP contribution in [0.15, 0.2) is 60.8 Å². The molecule has 1 amide bonds. The molecule has 0 saturated carbocycles. The Kier molecular flexibility index (Phi) is 5.83. The van der Waals surface area contributed by atoms with Crippen LogP contribution < -0.4 is 5.32 Å². The maximum atomic E-state index is 12.6. The molecule has 1 aromatic heterocycles. The van der Waals surface area contributed by atoms with Gasteiger partial charge in [0.25, 0.3) is 0 Å². The first kappa shape index (κ1) is 18.6.